The molecule has 5 heteroatoms. The third-order valence-electron chi connectivity index (χ3n) is 10.5. The van der Waals surface area contributed by atoms with Gasteiger partial charge in [-0.1, -0.05) is 127 Å². The number of aromatic nitrogens is 1. The number of benzene rings is 10. The third kappa shape index (κ3) is 6.87. The summed E-state index contributed by atoms with van der Waals surface area (Å²) in [4.78, 5) is 10.4. The number of fused-ring (bicyclic) bond motifs is 5. The van der Waals surface area contributed by atoms with Crippen LogP contribution in [0.2, 0.25) is 0 Å². The zero-order chi connectivity index (χ0) is 51.7. The van der Waals surface area contributed by atoms with Crippen LogP contribution in [0.4, 0.5) is 51.2 Å². The number of hydrogen-bond acceptors (Lipinski definition) is 5. The van der Waals surface area contributed by atoms with Crippen LogP contribution < -0.4 is 14.7 Å². The Hall–Kier alpha value is -8.41. The molecular weight excluding hydrogens is 757 g/mol. The van der Waals surface area contributed by atoms with Crippen molar-refractivity contribution >= 4 is 83.8 Å². The van der Waals surface area contributed by atoms with Crippen molar-refractivity contribution in [3.8, 4) is 11.5 Å². The minimum absolute atomic E-state index is 0.0844. The summed E-state index contributed by atoms with van der Waals surface area (Å²) in [5.41, 5.74) is 5.15. The topological polar surface area (TPSA) is 35.8 Å². The van der Waals surface area contributed by atoms with Crippen LogP contribution >= 0.6 is 0 Å². The molecule has 0 aliphatic carbocycles. The lowest BCUT2D eigenvalue weighted by atomic mass is 10.00. The van der Waals surface area contributed by atoms with Gasteiger partial charge in [-0.3, -0.25) is 0 Å². The van der Waals surface area contributed by atoms with Crippen LogP contribution in [0.15, 0.2) is 247 Å². The van der Waals surface area contributed by atoms with Gasteiger partial charge in [-0.05, 0) is 131 Å². The number of oxazole rings is 1. The molecule has 5 nitrogen and oxygen atoms in total. The number of anilines is 9. The Morgan fingerprint density at radius 3 is 1.32 bits per heavy atom. The maximum absolute atomic E-state index is 10.2. The van der Waals surface area contributed by atoms with Gasteiger partial charge in [0.05, 0.1) is 16.4 Å². The highest BCUT2D eigenvalue weighted by Gasteiger charge is 2.21. The van der Waals surface area contributed by atoms with E-state index in [1.807, 2.05) is 109 Å². The van der Waals surface area contributed by atoms with Crippen molar-refractivity contribution in [1.29, 1.82) is 0 Å². The maximum atomic E-state index is 10.2. The molecule has 0 amide bonds. The molecule has 0 aliphatic heterocycles. The zero-order valence-electron chi connectivity index (χ0n) is 44.9. The average molecular weight is 809 g/mol. The molecular formula is C57H40N4O. The van der Waals surface area contributed by atoms with Gasteiger partial charge < -0.3 is 19.1 Å². The summed E-state index contributed by atoms with van der Waals surface area (Å²) in [6, 6.07) is 48.1. The zero-order valence-corrected chi connectivity index (χ0v) is 32.9. The molecule has 0 atom stereocenters. The average Bonchev–Trinajstić information content (AvgIpc) is 3.89. The van der Waals surface area contributed by atoms with Gasteiger partial charge in [0.25, 0.3) is 0 Å². The summed E-state index contributed by atoms with van der Waals surface area (Å²) in [6.45, 7) is 0. The smallest absolute Gasteiger partial charge is 0.227 e. The van der Waals surface area contributed by atoms with E-state index in [1.54, 1.807) is 29.2 Å². The first-order valence-corrected chi connectivity index (χ1v) is 19.9. The Kier molecular flexibility index (Phi) is 6.69. The first-order valence-electron chi connectivity index (χ1n) is 25.9. The minimum Gasteiger partial charge on any atom is -0.435 e. The van der Waals surface area contributed by atoms with E-state index in [9.17, 15) is 6.85 Å². The lowest BCUT2D eigenvalue weighted by Crippen LogP contribution is -2.14. The summed E-state index contributed by atoms with van der Waals surface area (Å²) in [6.07, 6.45) is 0. The second kappa shape index (κ2) is 16.0. The molecule has 0 saturated heterocycles. The SMILES string of the molecule is [2H]c1c([2H])c([2H])c(-c2nc3c([2H])c([2H])c4c([2H])c([2H])c5c([2H])c([2H])c(N(c6ccccc6)c6cccc(N(c7ccccc7)c7cccc(N(c8ccccc8)c8ccccc8)c7)c6)c([2H])c5c4c3o2)c([2H])c1[2H]. The maximum Gasteiger partial charge on any atom is 0.227 e. The molecule has 62 heavy (non-hydrogen) atoms. The van der Waals surface area contributed by atoms with Crippen molar-refractivity contribution in [2.75, 3.05) is 14.7 Å². The Bertz CT molecular complexity index is 3950. The molecule has 10 aromatic carbocycles. The van der Waals surface area contributed by atoms with Gasteiger partial charge in [-0.25, -0.2) is 4.98 Å². The van der Waals surface area contributed by atoms with Gasteiger partial charge in [-0.2, -0.15) is 0 Å². The normalized spacial score (nSPS) is 13.9. The largest absolute Gasteiger partial charge is 0.435 e. The summed E-state index contributed by atoms with van der Waals surface area (Å²) >= 11 is 0. The predicted octanol–water partition coefficient (Wildman–Crippen LogP) is 16.2. The Labute approximate surface area is 377 Å². The van der Waals surface area contributed by atoms with Gasteiger partial charge in [0.2, 0.25) is 5.89 Å². The summed E-state index contributed by atoms with van der Waals surface area (Å²) in [5.74, 6) is -0.467. The van der Waals surface area contributed by atoms with Crippen molar-refractivity contribution in [2.45, 2.75) is 0 Å². The van der Waals surface area contributed by atoms with Crippen LogP contribution in [0.3, 0.4) is 0 Å². The molecule has 0 radical (unpaired) electrons. The van der Waals surface area contributed by atoms with E-state index in [4.69, 9.17) is 14.0 Å². The van der Waals surface area contributed by atoms with Gasteiger partial charge in [0.1, 0.15) is 5.52 Å². The quantitative estimate of drug-likeness (QED) is 0.129. The standard InChI is InChI=1S/C57H40N4O/c1-6-18-43(19-7-1)57-58-54-37-35-42-33-32-41-34-36-52(40-53(41)55(42)56(54)62-57)61(47-26-14-5-15-27-47)51-31-17-30-50(39-51)60(46-24-12-4-13-25-46)49-29-16-28-48(38-49)59(44-20-8-2-9-21-44)45-22-10-3-11-23-45/h1-40H/i1D,6D,7D,18D,19D,32D,33D,34D,35D,36D,37D,40D. The number of rotatable bonds is 10. The third-order valence-corrected chi connectivity index (χ3v) is 10.5. The van der Waals surface area contributed by atoms with Crippen LogP contribution in [0, 0.1) is 0 Å². The molecule has 11 rings (SSSR count). The summed E-state index contributed by atoms with van der Waals surface area (Å²) in [5, 5.41) is -0.773. The highest BCUT2D eigenvalue weighted by Crippen LogP contribution is 2.44. The van der Waals surface area contributed by atoms with E-state index in [1.165, 1.54) is 0 Å². The van der Waals surface area contributed by atoms with Crippen LogP contribution in [0.1, 0.15) is 16.4 Å². The van der Waals surface area contributed by atoms with Crippen molar-refractivity contribution in [1.82, 2.24) is 4.98 Å². The van der Waals surface area contributed by atoms with Gasteiger partial charge in [0.15, 0.2) is 5.58 Å². The van der Waals surface area contributed by atoms with Gasteiger partial charge >= 0.3 is 0 Å². The van der Waals surface area contributed by atoms with Crippen molar-refractivity contribution in [2.24, 2.45) is 0 Å². The molecule has 0 unspecified atom stereocenters. The summed E-state index contributed by atoms with van der Waals surface area (Å²) in [7, 11) is 0. The molecule has 0 aliphatic rings. The van der Waals surface area contributed by atoms with E-state index in [0.717, 1.165) is 28.4 Å². The predicted molar refractivity (Wildman–Crippen MR) is 259 cm³/mol. The molecule has 11 aromatic rings. The van der Waals surface area contributed by atoms with Crippen molar-refractivity contribution in [3.63, 3.8) is 0 Å². The molecule has 294 valence electrons. The second-order valence-corrected chi connectivity index (χ2v) is 14.3. The van der Waals surface area contributed by atoms with E-state index in [2.05, 4.69) is 51.2 Å². The fourth-order valence-electron chi connectivity index (χ4n) is 7.73. The second-order valence-electron chi connectivity index (χ2n) is 14.3. The molecule has 1 heterocycles. The van der Waals surface area contributed by atoms with E-state index in [0.29, 0.717) is 17.1 Å². The molecule has 0 N–H and O–H groups in total. The molecule has 1 aromatic heterocycles. The minimum atomic E-state index is -0.652. The fraction of sp³-hybridized carbons (Fsp3) is 0. The molecule has 0 spiro atoms. The summed E-state index contributed by atoms with van der Waals surface area (Å²) < 4.78 is 114. The first kappa shape index (κ1) is 25.9. The Morgan fingerprint density at radius 1 is 0.387 bits per heavy atom. The molecule has 0 bridgehead atoms. The lowest BCUT2D eigenvalue weighted by molar-refractivity contribution is 0.623. The van der Waals surface area contributed by atoms with E-state index >= 15 is 0 Å². The monoisotopic (exact) mass is 808 g/mol. The fourth-order valence-corrected chi connectivity index (χ4v) is 7.73. The van der Waals surface area contributed by atoms with Crippen LogP contribution in [0.25, 0.3) is 44.1 Å². The molecule has 0 fully saturated rings. The van der Waals surface area contributed by atoms with Crippen LogP contribution in [-0.4, -0.2) is 4.98 Å². The van der Waals surface area contributed by atoms with Crippen molar-refractivity contribution < 1.29 is 20.9 Å². The van der Waals surface area contributed by atoms with Gasteiger partial charge in [0, 0.05) is 62.1 Å². The highest BCUT2D eigenvalue weighted by atomic mass is 16.3. The van der Waals surface area contributed by atoms with Gasteiger partial charge in [-0.15, -0.1) is 0 Å². The van der Waals surface area contributed by atoms with Crippen LogP contribution in [0.5, 0.6) is 0 Å². The lowest BCUT2D eigenvalue weighted by Gasteiger charge is -2.31. The van der Waals surface area contributed by atoms with E-state index in [-0.39, 0.29) is 44.4 Å². The number of para-hydroxylation sites is 4. The van der Waals surface area contributed by atoms with Crippen molar-refractivity contribution in [3.05, 3.63) is 242 Å². The van der Waals surface area contributed by atoms with E-state index < -0.39 is 77.9 Å². The van der Waals surface area contributed by atoms with Crippen LogP contribution in [-0.2, 0) is 0 Å². The Morgan fingerprint density at radius 2 is 0.806 bits per heavy atom. The highest BCUT2D eigenvalue weighted by molar-refractivity contribution is 6.18. The number of hydrogen-bond donors (Lipinski definition) is 0. The first-order chi connectivity index (χ1) is 35.8. The molecule has 0 saturated carbocycles. The Balaban J connectivity index is 1.15. The number of nitrogens with zero attached hydrogens (tertiary/aromatic N) is 4.